The van der Waals surface area contributed by atoms with Crippen LogP contribution < -0.4 is 0 Å². The van der Waals surface area contributed by atoms with E-state index in [1.807, 2.05) is 56.3 Å². The first kappa shape index (κ1) is 23.3. The Morgan fingerprint density at radius 1 is 0.968 bits per heavy atom. The Labute approximate surface area is 185 Å². The molecule has 1 aliphatic rings. The van der Waals surface area contributed by atoms with E-state index >= 15 is 0 Å². The normalized spacial score (nSPS) is 20.5. The minimum atomic E-state index is -3.67. The number of hydrogen-bond acceptors (Lipinski definition) is 4. The minimum Gasteiger partial charge on any atom is -0.445 e. The standard InChI is InChI=1S/C24H32N2O4S/c1-18-15-25(23(27)30-17-20-9-7-6-8-10-20)16-19(2)26(18)31(28,29)22-13-11-21(12-14-22)24(3,4)5/h6-14,18-19H,15-17H2,1-5H3/t18-,19-/m0/s1. The minimum absolute atomic E-state index is 0.0470. The lowest BCUT2D eigenvalue weighted by Gasteiger charge is -2.42. The summed E-state index contributed by atoms with van der Waals surface area (Å²) in [6.07, 6.45) is -0.422. The van der Waals surface area contributed by atoms with Crippen LogP contribution in [0.5, 0.6) is 0 Å². The van der Waals surface area contributed by atoms with Crippen molar-refractivity contribution in [2.45, 2.75) is 63.6 Å². The van der Waals surface area contributed by atoms with Crippen LogP contribution in [0, 0.1) is 0 Å². The summed E-state index contributed by atoms with van der Waals surface area (Å²) in [6, 6.07) is 15.9. The van der Waals surface area contributed by atoms with E-state index in [2.05, 4.69) is 20.8 Å². The Morgan fingerprint density at radius 3 is 2.03 bits per heavy atom. The van der Waals surface area contributed by atoms with Gasteiger partial charge in [-0.25, -0.2) is 13.2 Å². The summed E-state index contributed by atoms with van der Waals surface area (Å²) in [5.74, 6) is 0. The van der Waals surface area contributed by atoms with Gasteiger partial charge in [0, 0.05) is 25.2 Å². The molecule has 0 saturated carbocycles. The molecule has 0 radical (unpaired) electrons. The molecule has 0 bridgehead atoms. The first-order valence-electron chi connectivity index (χ1n) is 10.6. The highest BCUT2D eigenvalue weighted by molar-refractivity contribution is 7.89. The molecular weight excluding hydrogens is 412 g/mol. The number of carbonyl (C=O) groups is 1. The molecule has 0 unspecified atom stereocenters. The van der Waals surface area contributed by atoms with Crippen molar-refractivity contribution in [3.63, 3.8) is 0 Å². The molecule has 3 rings (SSSR count). The van der Waals surface area contributed by atoms with Gasteiger partial charge in [-0.2, -0.15) is 4.31 Å². The van der Waals surface area contributed by atoms with Crippen molar-refractivity contribution in [2.75, 3.05) is 13.1 Å². The van der Waals surface area contributed by atoms with Gasteiger partial charge in [0.15, 0.2) is 0 Å². The van der Waals surface area contributed by atoms with Crippen LogP contribution in [0.15, 0.2) is 59.5 Å². The summed E-state index contributed by atoms with van der Waals surface area (Å²) < 4.78 is 33.6. The van der Waals surface area contributed by atoms with Crippen molar-refractivity contribution in [2.24, 2.45) is 0 Å². The van der Waals surface area contributed by atoms with Gasteiger partial charge in [-0.05, 0) is 42.5 Å². The molecule has 1 saturated heterocycles. The van der Waals surface area contributed by atoms with Crippen molar-refractivity contribution < 1.29 is 17.9 Å². The third kappa shape index (κ3) is 5.28. The van der Waals surface area contributed by atoms with Gasteiger partial charge >= 0.3 is 6.09 Å². The summed E-state index contributed by atoms with van der Waals surface area (Å²) in [5.41, 5.74) is 1.95. The monoisotopic (exact) mass is 444 g/mol. The van der Waals surface area contributed by atoms with Crippen LogP contribution in [0.2, 0.25) is 0 Å². The van der Waals surface area contributed by atoms with E-state index in [1.54, 1.807) is 17.0 Å². The maximum atomic E-state index is 13.3. The Balaban J connectivity index is 1.69. The largest absolute Gasteiger partial charge is 0.445 e. The lowest BCUT2D eigenvalue weighted by Crippen LogP contribution is -2.59. The van der Waals surface area contributed by atoms with E-state index in [0.717, 1.165) is 11.1 Å². The van der Waals surface area contributed by atoms with E-state index < -0.39 is 16.1 Å². The first-order valence-corrected chi connectivity index (χ1v) is 12.0. The second-order valence-electron chi connectivity index (χ2n) is 9.25. The van der Waals surface area contributed by atoms with Crippen LogP contribution in [0.25, 0.3) is 0 Å². The number of ether oxygens (including phenoxy) is 1. The molecule has 168 valence electrons. The second kappa shape index (κ2) is 9.01. The van der Waals surface area contributed by atoms with E-state index in [0.29, 0.717) is 0 Å². The molecule has 0 aromatic heterocycles. The average molecular weight is 445 g/mol. The zero-order valence-corrected chi connectivity index (χ0v) is 19.7. The molecule has 1 amide bonds. The van der Waals surface area contributed by atoms with Crippen LogP contribution in [-0.2, 0) is 26.8 Å². The molecule has 6 nitrogen and oxygen atoms in total. The van der Waals surface area contributed by atoms with Crippen LogP contribution in [0.1, 0.15) is 45.7 Å². The van der Waals surface area contributed by atoms with Crippen LogP contribution in [0.4, 0.5) is 4.79 Å². The SMILES string of the molecule is C[C@H]1CN(C(=O)OCc2ccccc2)C[C@H](C)N1S(=O)(=O)c1ccc(C(C)(C)C)cc1. The number of benzene rings is 2. The van der Waals surface area contributed by atoms with E-state index in [9.17, 15) is 13.2 Å². The van der Waals surface area contributed by atoms with E-state index in [1.165, 1.54) is 4.31 Å². The number of rotatable bonds is 4. The van der Waals surface area contributed by atoms with Gasteiger partial charge in [-0.1, -0.05) is 63.2 Å². The predicted molar refractivity (Wildman–Crippen MR) is 121 cm³/mol. The Kier molecular flexibility index (Phi) is 6.76. The fourth-order valence-corrected chi connectivity index (χ4v) is 5.79. The molecule has 7 heteroatoms. The molecular formula is C24H32N2O4S. The van der Waals surface area contributed by atoms with Crippen molar-refractivity contribution in [1.82, 2.24) is 9.21 Å². The van der Waals surface area contributed by atoms with Crippen molar-refractivity contribution in [3.8, 4) is 0 Å². The summed E-state index contributed by atoms with van der Waals surface area (Å²) in [6.45, 7) is 10.7. The molecule has 1 fully saturated rings. The topological polar surface area (TPSA) is 66.9 Å². The van der Waals surface area contributed by atoms with Crippen molar-refractivity contribution in [1.29, 1.82) is 0 Å². The van der Waals surface area contributed by atoms with E-state index in [-0.39, 0.29) is 42.1 Å². The molecule has 0 spiro atoms. The molecule has 0 N–H and O–H groups in total. The van der Waals surface area contributed by atoms with Gasteiger partial charge in [0.25, 0.3) is 0 Å². The maximum Gasteiger partial charge on any atom is 0.410 e. The summed E-state index contributed by atoms with van der Waals surface area (Å²) in [7, 11) is -3.67. The average Bonchev–Trinajstić information content (AvgIpc) is 2.71. The fraction of sp³-hybridized carbons (Fsp3) is 0.458. The van der Waals surface area contributed by atoms with Gasteiger partial charge in [0.1, 0.15) is 6.61 Å². The van der Waals surface area contributed by atoms with Gasteiger partial charge < -0.3 is 9.64 Å². The summed E-state index contributed by atoms with van der Waals surface area (Å²) >= 11 is 0. The highest BCUT2D eigenvalue weighted by Gasteiger charge is 2.40. The number of nitrogens with zero attached hydrogens (tertiary/aromatic N) is 2. The predicted octanol–water partition coefficient (Wildman–Crippen LogP) is 4.40. The summed E-state index contributed by atoms with van der Waals surface area (Å²) in [4.78, 5) is 14.4. The number of amides is 1. The second-order valence-corrected chi connectivity index (χ2v) is 11.1. The Hall–Kier alpha value is -2.38. The maximum absolute atomic E-state index is 13.3. The lowest BCUT2D eigenvalue weighted by molar-refractivity contribution is 0.0578. The Morgan fingerprint density at radius 2 is 1.52 bits per heavy atom. The van der Waals surface area contributed by atoms with Gasteiger partial charge in [-0.15, -0.1) is 0 Å². The third-order valence-electron chi connectivity index (χ3n) is 5.60. The first-order chi connectivity index (χ1) is 14.5. The molecule has 2 atom stereocenters. The van der Waals surface area contributed by atoms with Crippen LogP contribution in [-0.4, -0.2) is 48.9 Å². The molecule has 0 aliphatic carbocycles. The van der Waals surface area contributed by atoms with Crippen molar-refractivity contribution in [3.05, 3.63) is 65.7 Å². The molecule has 2 aromatic carbocycles. The lowest BCUT2D eigenvalue weighted by atomic mass is 9.87. The number of piperazine rings is 1. The highest BCUT2D eigenvalue weighted by atomic mass is 32.2. The molecule has 1 heterocycles. The third-order valence-corrected chi connectivity index (χ3v) is 7.74. The molecule has 1 aliphatic heterocycles. The zero-order valence-electron chi connectivity index (χ0n) is 18.9. The van der Waals surface area contributed by atoms with Crippen LogP contribution in [0.3, 0.4) is 0 Å². The smallest absolute Gasteiger partial charge is 0.410 e. The molecule has 2 aromatic rings. The van der Waals surface area contributed by atoms with Gasteiger partial charge in [0.05, 0.1) is 4.90 Å². The van der Waals surface area contributed by atoms with Crippen molar-refractivity contribution >= 4 is 16.1 Å². The number of carbonyl (C=O) groups excluding carboxylic acids is 1. The Bertz CT molecular complexity index is 986. The van der Waals surface area contributed by atoms with Gasteiger partial charge in [0.2, 0.25) is 10.0 Å². The quantitative estimate of drug-likeness (QED) is 0.701. The number of sulfonamides is 1. The highest BCUT2D eigenvalue weighted by Crippen LogP contribution is 2.28. The molecule has 31 heavy (non-hydrogen) atoms. The zero-order chi connectivity index (χ0) is 22.8. The number of hydrogen-bond donors (Lipinski definition) is 0. The van der Waals surface area contributed by atoms with Crippen LogP contribution >= 0.6 is 0 Å². The van der Waals surface area contributed by atoms with Gasteiger partial charge in [-0.3, -0.25) is 0 Å². The fourth-order valence-electron chi connectivity index (χ4n) is 3.99. The summed E-state index contributed by atoms with van der Waals surface area (Å²) in [5, 5.41) is 0. The van der Waals surface area contributed by atoms with E-state index in [4.69, 9.17) is 4.74 Å².